The Hall–Kier alpha value is -3.99. The van der Waals surface area contributed by atoms with Crippen molar-refractivity contribution in [2.45, 2.75) is 52.2 Å². The molecule has 0 aromatic carbocycles. The number of carbonyl (C=O) groups is 4. The van der Waals surface area contributed by atoms with Gasteiger partial charge in [0.2, 0.25) is 11.8 Å². The molecule has 0 saturated carbocycles. The summed E-state index contributed by atoms with van der Waals surface area (Å²) in [5.41, 5.74) is 5.83. The standard InChI is InChI=1S/C21H27N5O11S/c1-6-32-20(30)25(5)8-34-17-15-16(23-19(22)24-17)26(21(31)38-15)18-14(36-11(4)29)13(35-10(3)28)12(37-18)7-33-9(2)27/h12-14,18H,6-8H2,1-5H3,(H2,22,23,24)/t12-,13-,14-,18-/m1/s1. The second-order valence-corrected chi connectivity index (χ2v) is 8.93. The fraction of sp³-hybridized carbons (Fsp3) is 0.571. The number of nitrogens with two attached hydrogens (primary N) is 1. The lowest BCUT2D eigenvalue weighted by atomic mass is 10.1. The van der Waals surface area contributed by atoms with Gasteiger partial charge in [-0.3, -0.25) is 28.6 Å². The molecule has 4 atom stereocenters. The molecule has 1 aliphatic rings. The first kappa shape index (κ1) is 28.6. The van der Waals surface area contributed by atoms with Gasteiger partial charge in [-0.15, -0.1) is 0 Å². The van der Waals surface area contributed by atoms with Crippen LogP contribution in [0, 0.1) is 0 Å². The molecule has 1 aliphatic heterocycles. The van der Waals surface area contributed by atoms with Gasteiger partial charge in [0.05, 0.1) is 6.61 Å². The molecule has 1 fully saturated rings. The van der Waals surface area contributed by atoms with Crippen molar-refractivity contribution in [2.24, 2.45) is 0 Å². The molecular formula is C21H27N5O11S. The van der Waals surface area contributed by atoms with Gasteiger partial charge < -0.3 is 34.2 Å². The molecule has 38 heavy (non-hydrogen) atoms. The summed E-state index contributed by atoms with van der Waals surface area (Å²) in [5.74, 6) is -2.47. The number of aromatic nitrogens is 3. The smallest absolute Gasteiger partial charge is 0.412 e. The van der Waals surface area contributed by atoms with Crippen LogP contribution in [0.3, 0.4) is 0 Å². The number of esters is 3. The number of hydrogen-bond donors (Lipinski definition) is 1. The molecule has 0 radical (unpaired) electrons. The lowest BCUT2D eigenvalue weighted by Crippen LogP contribution is -2.41. The van der Waals surface area contributed by atoms with Crippen molar-refractivity contribution in [3.63, 3.8) is 0 Å². The Morgan fingerprint density at radius 2 is 1.71 bits per heavy atom. The molecule has 0 aliphatic carbocycles. The van der Waals surface area contributed by atoms with Gasteiger partial charge in [-0.2, -0.15) is 9.97 Å². The van der Waals surface area contributed by atoms with Crippen LogP contribution < -0.4 is 15.3 Å². The summed E-state index contributed by atoms with van der Waals surface area (Å²) in [7, 11) is 1.43. The molecular weight excluding hydrogens is 530 g/mol. The van der Waals surface area contributed by atoms with Gasteiger partial charge in [0, 0.05) is 27.8 Å². The number of ether oxygens (including phenoxy) is 6. The number of nitrogens with zero attached hydrogens (tertiary/aromatic N) is 4. The fourth-order valence-electron chi connectivity index (χ4n) is 3.58. The molecule has 2 aromatic heterocycles. The zero-order chi connectivity index (χ0) is 28.1. The highest BCUT2D eigenvalue weighted by Crippen LogP contribution is 2.37. The van der Waals surface area contributed by atoms with Gasteiger partial charge in [0.1, 0.15) is 17.4 Å². The van der Waals surface area contributed by atoms with Crippen LogP contribution in [0.25, 0.3) is 10.3 Å². The van der Waals surface area contributed by atoms with E-state index in [9.17, 15) is 24.0 Å². The third kappa shape index (κ3) is 6.46. The maximum Gasteiger partial charge on any atom is 0.412 e. The molecule has 16 nitrogen and oxygen atoms in total. The first-order chi connectivity index (χ1) is 17.9. The summed E-state index contributed by atoms with van der Waals surface area (Å²) >= 11 is 0.680. The highest BCUT2D eigenvalue weighted by molar-refractivity contribution is 7.16. The zero-order valence-corrected chi connectivity index (χ0v) is 22.0. The summed E-state index contributed by atoms with van der Waals surface area (Å²) in [5, 5.41) is 0. The Labute approximate surface area is 219 Å². The van der Waals surface area contributed by atoms with Crippen molar-refractivity contribution < 1.29 is 47.6 Å². The van der Waals surface area contributed by atoms with Crippen molar-refractivity contribution in [1.29, 1.82) is 0 Å². The SMILES string of the molecule is CCOC(=O)N(C)COc1nc(N)nc2c1sc(=O)n2[C@@H]1O[C@H](COC(C)=O)[C@@H](OC(C)=O)[C@H]1OC(C)=O. The minimum atomic E-state index is -1.35. The van der Waals surface area contributed by atoms with E-state index in [1.165, 1.54) is 14.0 Å². The van der Waals surface area contributed by atoms with Gasteiger partial charge in [-0.1, -0.05) is 11.3 Å². The van der Waals surface area contributed by atoms with E-state index in [2.05, 4.69) is 9.97 Å². The Morgan fingerprint density at radius 1 is 1.05 bits per heavy atom. The number of amides is 1. The van der Waals surface area contributed by atoms with Gasteiger partial charge in [-0.05, 0) is 6.92 Å². The Bertz CT molecular complexity index is 1280. The number of thiazole rings is 1. The van der Waals surface area contributed by atoms with E-state index >= 15 is 0 Å². The van der Waals surface area contributed by atoms with E-state index in [1.54, 1.807) is 6.92 Å². The molecule has 3 heterocycles. The lowest BCUT2D eigenvalue weighted by molar-refractivity contribution is -0.166. The van der Waals surface area contributed by atoms with Crippen LogP contribution in [0.1, 0.15) is 33.9 Å². The summed E-state index contributed by atoms with van der Waals surface area (Å²) < 4.78 is 33.4. The second kappa shape index (κ2) is 12.0. The predicted octanol–water partition coefficient (Wildman–Crippen LogP) is 0.184. The van der Waals surface area contributed by atoms with Crippen LogP contribution in [-0.2, 0) is 38.1 Å². The normalized spacial score (nSPS) is 20.6. The van der Waals surface area contributed by atoms with Crippen molar-refractivity contribution in [3.8, 4) is 5.88 Å². The number of nitrogen functional groups attached to an aromatic ring is 1. The average molecular weight is 558 g/mol. The number of anilines is 1. The molecule has 1 saturated heterocycles. The van der Waals surface area contributed by atoms with E-state index < -0.39 is 53.4 Å². The summed E-state index contributed by atoms with van der Waals surface area (Å²) in [6.07, 6.45) is -5.63. The minimum Gasteiger partial charge on any atom is -0.463 e. The highest BCUT2D eigenvalue weighted by Gasteiger charge is 2.51. The molecule has 17 heteroatoms. The van der Waals surface area contributed by atoms with E-state index in [4.69, 9.17) is 34.2 Å². The highest BCUT2D eigenvalue weighted by atomic mass is 32.1. The second-order valence-electron chi connectivity index (χ2n) is 7.96. The number of hydrogen-bond acceptors (Lipinski definition) is 15. The first-order valence-electron chi connectivity index (χ1n) is 11.2. The monoisotopic (exact) mass is 557 g/mol. The topological polar surface area (TPSA) is 201 Å². The van der Waals surface area contributed by atoms with E-state index in [-0.39, 0.29) is 42.1 Å². The molecule has 0 unspecified atom stereocenters. The maximum absolute atomic E-state index is 13.2. The van der Waals surface area contributed by atoms with Crippen LogP contribution in [0.15, 0.2) is 4.79 Å². The summed E-state index contributed by atoms with van der Waals surface area (Å²) in [6.45, 7) is 4.61. The fourth-order valence-corrected chi connectivity index (χ4v) is 4.47. The van der Waals surface area contributed by atoms with Gasteiger partial charge >= 0.3 is 28.9 Å². The van der Waals surface area contributed by atoms with E-state index in [0.717, 1.165) is 23.3 Å². The third-order valence-electron chi connectivity index (χ3n) is 5.02. The maximum atomic E-state index is 13.2. The molecule has 208 valence electrons. The van der Waals surface area contributed by atoms with Crippen LogP contribution in [0.5, 0.6) is 5.88 Å². The summed E-state index contributed by atoms with van der Waals surface area (Å²) in [6, 6.07) is 0. The zero-order valence-electron chi connectivity index (χ0n) is 21.2. The van der Waals surface area contributed by atoms with Crippen LogP contribution in [-0.4, -0.2) is 88.7 Å². The van der Waals surface area contributed by atoms with E-state index in [1.807, 2.05) is 0 Å². The molecule has 3 rings (SSSR count). The van der Waals surface area contributed by atoms with E-state index in [0.29, 0.717) is 11.3 Å². The molecule has 0 bridgehead atoms. The van der Waals surface area contributed by atoms with Crippen LogP contribution >= 0.6 is 11.3 Å². The van der Waals surface area contributed by atoms with Crippen LogP contribution in [0.2, 0.25) is 0 Å². The number of carbonyl (C=O) groups excluding carboxylic acids is 4. The van der Waals surface area contributed by atoms with Gasteiger partial charge in [0.15, 0.2) is 30.8 Å². The average Bonchev–Trinajstić information content (AvgIpc) is 3.31. The minimum absolute atomic E-state index is 0.0295. The van der Waals surface area contributed by atoms with Crippen molar-refractivity contribution in [1.82, 2.24) is 19.4 Å². The lowest BCUT2D eigenvalue weighted by Gasteiger charge is -2.23. The first-order valence-corrected chi connectivity index (χ1v) is 12.1. The number of rotatable bonds is 9. The molecule has 1 amide bonds. The molecule has 2 aromatic rings. The van der Waals surface area contributed by atoms with Gasteiger partial charge in [-0.25, -0.2) is 4.79 Å². The van der Waals surface area contributed by atoms with Crippen molar-refractivity contribution >= 4 is 51.6 Å². The van der Waals surface area contributed by atoms with Gasteiger partial charge in [0.25, 0.3) is 0 Å². The third-order valence-corrected chi connectivity index (χ3v) is 5.95. The quantitative estimate of drug-likeness (QED) is 0.248. The molecule has 0 spiro atoms. The Kier molecular flexibility index (Phi) is 9.05. The number of fused-ring (bicyclic) bond motifs is 1. The van der Waals surface area contributed by atoms with Crippen molar-refractivity contribution in [2.75, 3.05) is 32.7 Å². The van der Waals surface area contributed by atoms with Crippen molar-refractivity contribution in [3.05, 3.63) is 9.67 Å². The van der Waals surface area contributed by atoms with Crippen LogP contribution in [0.4, 0.5) is 10.7 Å². The Morgan fingerprint density at radius 3 is 2.32 bits per heavy atom. The Balaban J connectivity index is 2.04. The molecule has 2 N–H and O–H groups in total. The predicted molar refractivity (Wildman–Crippen MR) is 128 cm³/mol. The summed E-state index contributed by atoms with van der Waals surface area (Å²) in [4.78, 5) is 68.8. The largest absolute Gasteiger partial charge is 0.463 e.